The molecule has 1 saturated heterocycles. The van der Waals surface area contributed by atoms with E-state index in [9.17, 15) is 19.2 Å². The number of piperazine rings is 1. The molecule has 0 spiro atoms. The van der Waals surface area contributed by atoms with E-state index in [1.807, 2.05) is 13.8 Å². The normalized spacial score (nSPS) is 16.2. The first-order chi connectivity index (χ1) is 13.8. The molecule has 0 radical (unpaired) electrons. The number of benzene rings is 1. The van der Waals surface area contributed by atoms with Gasteiger partial charge in [0.05, 0.1) is 19.6 Å². The number of esters is 1. The van der Waals surface area contributed by atoms with Crippen molar-refractivity contribution in [1.82, 2.24) is 15.5 Å². The van der Waals surface area contributed by atoms with Crippen molar-refractivity contribution in [3.63, 3.8) is 0 Å². The predicted molar refractivity (Wildman–Crippen MR) is 107 cm³/mol. The molecule has 0 aliphatic carbocycles. The van der Waals surface area contributed by atoms with Gasteiger partial charge in [-0.1, -0.05) is 19.9 Å². The fourth-order valence-corrected chi connectivity index (χ4v) is 2.89. The molecule has 2 rings (SSSR count). The van der Waals surface area contributed by atoms with Gasteiger partial charge >= 0.3 is 5.97 Å². The molecule has 158 valence electrons. The maximum Gasteiger partial charge on any atom is 0.308 e. The summed E-state index contributed by atoms with van der Waals surface area (Å²) >= 11 is 0. The van der Waals surface area contributed by atoms with Gasteiger partial charge in [0.25, 0.3) is 5.91 Å². The Hall–Kier alpha value is -3.10. The van der Waals surface area contributed by atoms with Crippen molar-refractivity contribution < 1.29 is 23.9 Å². The van der Waals surface area contributed by atoms with E-state index in [0.717, 1.165) is 0 Å². The third kappa shape index (κ3) is 6.48. The molecule has 0 bridgehead atoms. The SMILES string of the molecule is CNC(=O)c1cccc(NCC(=O)N2CCNC(=O)C2CC(=O)OCC(C)C)c1. The maximum absolute atomic E-state index is 12.7. The number of hydrogen-bond donors (Lipinski definition) is 3. The highest BCUT2D eigenvalue weighted by Gasteiger charge is 2.35. The van der Waals surface area contributed by atoms with Gasteiger partial charge in [-0.3, -0.25) is 19.2 Å². The number of anilines is 1. The average Bonchev–Trinajstić information content (AvgIpc) is 2.71. The molecular weight excluding hydrogens is 376 g/mol. The van der Waals surface area contributed by atoms with Crippen molar-refractivity contribution in [3.05, 3.63) is 29.8 Å². The quantitative estimate of drug-likeness (QED) is 0.539. The molecule has 3 amide bonds. The van der Waals surface area contributed by atoms with Crippen LogP contribution in [-0.4, -0.2) is 67.9 Å². The van der Waals surface area contributed by atoms with Crippen molar-refractivity contribution in [2.45, 2.75) is 26.3 Å². The highest BCUT2D eigenvalue weighted by molar-refractivity contribution is 5.95. The van der Waals surface area contributed by atoms with Crippen molar-refractivity contribution in [2.75, 3.05) is 38.6 Å². The molecule has 1 aromatic carbocycles. The van der Waals surface area contributed by atoms with Crippen molar-refractivity contribution in [1.29, 1.82) is 0 Å². The second-order valence-corrected chi connectivity index (χ2v) is 7.19. The molecule has 1 aromatic rings. The van der Waals surface area contributed by atoms with Gasteiger partial charge in [0.15, 0.2) is 0 Å². The molecule has 0 aromatic heterocycles. The minimum absolute atomic E-state index is 0.0674. The van der Waals surface area contributed by atoms with Gasteiger partial charge in [-0.25, -0.2) is 0 Å². The number of hydrogen-bond acceptors (Lipinski definition) is 6. The van der Waals surface area contributed by atoms with Crippen LogP contribution in [0.5, 0.6) is 0 Å². The van der Waals surface area contributed by atoms with E-state index in [0.29, 0.717) is 24.3 Å². The average molecular weight is 404 g/mol. The Morgan fingerprint density at radius 2 is 2.07 bits per heavy atom. The number of rotatable bonds is 8. The first-order valence-electron chi connectivity index (χ1n) is 9.60. The van der Waals surface area contributed by atoms with Crippen LogP contribution in [0.25, 0.3) is 0 Å². The van der Waals surface area contributed by atoms with Crippen LogP contribution in [0.3, 0.4) is 0 Å². The summed E-state index contributed by atoms with van der Waals surface area (Å²) < 4.78 is 5.15. The summed E-state index contributed by atoms with van der Waals surface area (Å²) in [6, 6.07) is 5.85. The third-order valence-electron chi connectivity index (χ3n) is 4.38. The van der Waals surface area contributed by atoms with E-state index >= 15 is 0 Å². The molecule has 1 aliphatic heterocycles. The second-order valence-electron chi connectivity index (χ2n) is 7.19. The van der Waals surface area contributed by atoms with Crippen LogP contribution in [0.15, 0.2) is 24.3 Å². The lowest BCUT2D eigenvalue weighted by Gasteiger charge is -2.34. The van der Waals surface area contributed by atoms with Crippen LogP contribution in [0.1, 0.15) is 30.6 Å². The highest BCUT2D eigenvalue weighted by atomic mass is 16.5. The van der Waals surface area contributed by atoms with Crippen molar-refractivity contribution >= 4 is 29.4 Å². The standard InChI is InChI=1S/C20H28N4O5/c1-13(2)12-29-18(26)10-16-20(28)22-7-8-24(16)17(25)11-23-15-6-4-5-14(9-15)19(27)21-3/h4-6,9,13,16,23H,7-8,10-12H2,1-3H3,(H,21,27)(H,22,28). The van der Waals surface area contributed by atoms with Crippen LogP contribution < -0.4 is 16.0 Å². The third-order valence-corrected chi connectivity index (χ3v) is 4.38. The van der Waals surface area contributed by atoms with E-state index in [4.69, 9.17) is 4.74 Å². The summed E-state index contributed by atoms with van der Waals surface area (Å²) in [5.41, 5.74) is 1.07. The number of ether oxygens (including phenoxy) is 1. The molecule has 29 heavy (non-hydrogen) atoms. The topological polar surface area (TPSA) is 117 Å². The van der Waals surface area contributed by atoms with E-state index in [-0.39, 0.29) is 43.2 Å². The minimum atomic E-state index is -0.894. The molecule has 0 saturated carbocycles. The molecular formula is C20H28N4O5. The zero-order valence-corrected chi connectivity index (χ0v) is 17.0. The predicted octanol–water partition coefficient (Wildman–Crippen LogP) is 0.374. The molecule has 1 aliphatic rings. The summed E-state index contributed by atoms with van der Waals surface area (Å²) in [5, 5.41) is 8.19. The Kier molecular flexibility index (Phi) is 7.99. The van der Waals surface area contributed by atoms with Crippen LogP contribution in [0.4, 0.5) is 5.69 Å². The Labute approximate surface area is 170 Å². The molecule has 9 nitrogen and oxygen atoms in total. The first kappa shape index (κ1) is 22.2. The van der Waals surface area contributed by atoms with Crippen LogP contribution in [0, 0.1) is 5.92 Å². The van der Waals surface area contributed by atoms with Crippen molar-refractivity contribution in [3.8, 4) is 0 Å². The molecule has 1 heterocycles. The molecule has 9 heteroatoms. The fraction of sp³-hybridized carbons (Fsp3) is 0.500. The molecule has 1 atom stereocenters. The fourth-order valence-electron chi connectivity index (χ4n) is 2.89. The zero-order valence-electron chi connectivity index (χ0n) is 17.0. The van der Waals surface area contributed by atoms with Crippen molar-refractivity contribution in [2.24, 2.45) is 5.92 Å². The lowest BCUT2D eigenvalue weighted by atomic mass is 10.1. The van der Waals surface area contributed by atoms with Gasteiger partial charge in [0.2, 0.25) is 11.8 Å². The molecule has 1 unspecified atom stereocenters. The van der Waals surface area contributed by atoms with E-state index in [2.05, 4.69) is 16.0 Å². The summed E-state index contributed by atoms with van der Waals surface area (Å²) in [5.74, 6) is -1.23. The number of nitrogens with one attached hydrogen (secondary N) is 3. The van der Waals surface area contributed by atoms with Crippen LogP contribution >= 0.6 is 0 Å². The van der Waals surface area contributed by atoms with Gasteiger partial charge in [0.1, 0.15) is 6.04 Å². The van der Waals surface area contributed by atoms with E-state index < -0.39 is 12.0 Å². The van der Waals surface area contributed by atoms with Crippen LogP contribution in [-0.2, 0) is 19.1 Å². The van der Waals surface area contributed by atoms with Gasteiger partial charge in [0, 0.05) is 31.4 Å². The lowest BCUT2D eigenvalue weighted by Crippen LogP contribution is -2.58. The van der Waals surface area contributed by atoms with E-state index in [1.54, 1.807) is 31.3 Å². The Balaban J connectivity index is 1.99. The smallest absolute Gasteiger partial charge is 0.308 e. The van der Waals surface area contributed by atoms with Gasteiger partial charge < -0.3 is 25.6 Å². The van der Waals surface area contributed by atoms with Gasteiger partial charge in [-0.2, -0.15) is 0 Å². The highest BCUT2D eigenvalue weighted by Crippen LogP contribution is 2.13. The Morgan fingerprint density at radius 1 is 1.31 bits per heavy atom. The lowest BCUT2D eigenvalue weighted by molar-refractivity contribution is -0.152. The number of amides is 3. The van der Waals surface area contributed by atoms with Crippen LogP contribution in [0.2, 0.25) is 0 Å². The Bertz CT molecular complexity index is 765. The molecule has 1 fully saturated rings. The number of nitrogens with zero attached hydrogens (tertiary/aromatic N) is 1. The van der Waals surface area contributed by atoms with Gasteiger partial charge in [-0.05, 0) is 24.1 Å². The largest absolute Gasteiger partial charge is 0.465 e. The van der Waals surface area contributed by atoms with Gasteiger partial charge in [-0.15, -0.1) is 0 Å². The van der Waals surface area contributed by atoms with E-state index in [1.165, 1.54) is 4.90 Å². The second kappa shape index (κ2) is 10.4. The number of carbonyl (C=O) groups excluding carboxylic acids is 4. The minimum Gasteiger partial charge on any atom is -0.465 e. The summed E-state index contributed by atoms with van der Waals surface area (Å²) in [7, 11) is 1.54. The molecule has 3 N–H and O–H groups in total. The summed E-state index contributed by atoms with van der Waals surface area (Å²) in [6.07, 6.45) is -0.184. The summed E-state index contributed by atoms with van der Waals surface area (Å²) in [6.45, 7) is 4.68. The Morgan fingerprint density at radius 3 is 2.76 bits per heavy atom. The zero-order chi connectivity index (χ0) is 21.4. The number of carbonyl (C=O) groups is 4. The monoisotopic (exact) mass is 404 g/mol. The first-order valence-corrected chi connectivity index (χ1v) is 9.60. The summed E-state index contributed by atoms with van der Waals surface area (Å²) in [4.78, 5) is 50.1. The maximum atomic E-state index is 12.7.